The number of para-hydroxylation sites is 1. The van der Waals surface area contributed by atoms with Gasteiger partial charge in [-0.1, -0.05) is 18.2 Å². The fourth-order valence-corrected chi connectivity index (χ4v) is 6.47. The third-order valence-electron chi connectivity index (χ3n) is 6.94. The van der Waals surface area contributed by atoms with Crippen molar-refractivity contribution in [2.75, 3.05) is 25.5 Å². The molecule has 0 spiro atoms. The summed E-state index contributed by atoms with van der Waals surface area (Å²) < 4.78 is 72.7. The van der Waals surface area contributed by atoms with Gasteiger partial charge in [0.15, 0.2) is 5.78 Å². The number of phenolic OH excluding ortho intramolecular Hbond substituents is 1. The number of carbonyl (C=O) groups excluding carboxylic acids is 1. The maximum Gasteiger partial charge on any atom is 0.416 e. The number of alkyl halides is 3. The number of carbonyl (C=O) groups is 1. The Hall–Kier alpha value is -3.97. The lowest BCUT2D eigenvalue weighted by Gasteiger charge is -2.22. The van der Waals surface area contributed by atoms with Gasteiger partial charge in [0.1, 0.15) is 11.3 Å². The van der Waals surface area contributed by atoms with E-state index in [1.165, 1.54) is 16.4 Å². The number of halogens is 3. The Bertz CT molecular complexity index is 1690. The molecule has 1 aliphatic heterocycles. The van der Waals surface area contributed by atoms with E-state index in [-0.39, 0.29) is 47.5 Å². The van der Waals surface area contributed by atoms with Crippen molar-refractivity contribution in [2.24, 2.45) is 0 Å². The summed E-state index contributed by atoms with van der Waals surface area (Å²) in [5.74, 6) is -0.645. The second-order valence-corrected chi connectivity index (χ2v) is 11.8. The van der Waals surface area contributed by atoms with Crippen LogP contribution < -0.4 is 4.90 Å². The van der Waals surface area contributed by atoms with Crippen LogP contribution in [0.2, 0.25) is 0 Å². The number of hydrogen-bond acceptors (Lipinski definition) is 8. The molecule has 1 N–H and O–H groups in total. The summed E-state index contributed by atoms with van der Waals surface area (Å²) in [6.45, 7) is 0.186. The molecule has 13 heteroatoms. The maximum absolute atomic E-state index is 13.4. The molecule has 0 saturated carbocycles. The molecule has 41 heavy (non-hydrogen) atoms. The van der Waals surface area contributed by atoms with Crippen molar-refractivity contribution in [1.82, 2.24) is 14.3 Å². The molecule has 1 saturated heterocycles. The molecule has 9 nitrogen and oxygen atoms in total. The summed E-state index contributed by atoms with van der Waals surface area (Å²) in [4.78, 5) is 23.7. The Morgan fingerprint density at radius 2 is 1.88 bits per heavy atom. The van der Waals surface area contributed by atoms with E-state index in [0.29, 0.717) is 35.6 Å². The number of hydrogen-bond donors (Lipinski definition) is 1. The van der Waals surface area contributed by atoms with Crippen LogP contribution in [-0.4, -0.2) is 60.3 Å². The van der Waals surface area contributed by atoms with Crippen LogP contribution in [-0.2, 0) is 27.4 Å². The minimum atomic E-state index is -4.62. The monoisotopic (exact) mass is 588 g/mol. The van der Waals surface area contributed by atoms with Gasteiger partial charge in [0.05, 0.1) is 17.3 Å². The van der Waals surface area contributed by atoms with Gasteiger partial charge >= 0.3 is 6.18 Å². The van der Waals surface area contributed by atoms with E-state index in [2.05, 4.69) is 9.97 Å². The molecule has 5 rings (SSSR count). The Labute approximate surface area is 234 Å². The third kappa shape index (κ3) is 5.77. The standard InChI is InChI=1S/C28H27F3N4O5S/c1-34(2)27-32-19(16-21(33-27)20-11-9-18(15-24(20)37)28(29,30)31)10-12-23(36)22-7-5-13-35(22)41(38,39)26-14-17-6-3-4-8-25(17)40-26/h3-4,6,8-9,11,14-16,22,37H,5,7,10,12-13H2,1-2H3/t22-/m0/s1. The number of anilines is 1. The first-order chi connectivity index (χ1) is 19.3. The maximum atomic E-state index is 13.4. The number of nitrogens with zero attached hydrogens (tertiary/aromatic N) is 4. The molecule has 0 radical (unpaired) electrons. The fourth-order valence-electron chi connectivity index (χ4n) is 4.84. The van der Waals surface area contributed by atoms with E-state index in [1.54, 1.807) is 43.3 Å². The smallest absolute Gasteiger partial charge is 0.416 e. The summed E-state index contributed by atoms with van der Waals surface area (Å²) in [6.07, 6.45) is -3.63. The quantitative estimate of drug-likeness (QED) is 0.305. The second-order valence-electron chi connectivity index (χ2n) is 10.0. The predicted octanol–water partition coefficient (Wildman–Crippen LogP) is 5.04. The number of sulfonamides is 1. The number of aryl methyl sites for hydroxylation is 1. The van der Waals surface area contributed by atoms with Gasteiger partial charge in [0, 0.05) is 49.8 Å². The van der Waals surface area contributed by atoms with Crippen LogP contribution in [0.1, 0.15) is 30.5 Å². The van der Waals surface area contributed by atoms with Crippen LogP contribution >= 0.6 is 0 Å². The first-order valence-corrected chi connectivity index (χ1v) is 14.3. The highest BCUT2D eigenvalue weighted by molar-refractivity contribution is 7.89. The minimum Gasteiger partial charge on any atom is -0.507 e. The number of aromatic hydroxyl groups is 1. The van der Waals surface area contributed by atoms with Crippen LogP contribution in [0, 0.1) is 0 Å². The largest absolute Gasteiger partial charge is 0.507 e. The van der Waals surface area contributed by atoms with E-state index in [4.69, 9.17) is 4.42 Å². The molecule has 1 atom stereocenters. The SMILES string of the molecule is CN(C)c1nc(CCC(=O)[C@@H]2CCCN2S(=O)(=O)c2cc3ccccc3o2)cc(-c2ccc(C(F)(F)F)cc2O)n1. The first-order valence-electron chi connectivity index (χ1n) is 12.8. The number of fused-ring (bicyclic) bond motifs is 1. The van der Waals surface area contributed by atoms with E-state index >= 15 is 0 Å². The number of ketones is 1. The average Bonchev–Trinajstić information content (AvgIpc) is 3.59. The lowest BCUT2D eigenvalue weighted by Crippen LogP contribution is -2.40. The topological polar surface area (TPSA) is 117 Å². The highest BCUT2D eigenvalue weighted by atomic mass is 32.2. The molecule has 1 aliphatic rings. The molecule has 1 fully saturated rings. The molecular formula is C28H27F3N4O5S. The minimum absolute atomic E-state index is 0.0286. The second kappa shape index (κ2) is 10.8. The molecule has 0 unspecified atom stereocenters. The Morgan fingerprint density at radius 1 is 1.12 bits per heavy atom. The van der Waals surface area contributed by atoms with Crippen molar-refractivity contribution in [2.45, 2.75) is 43.0 Å². The van der Waals surface area contributed by atoms with Gasteiger partial charge in [0.2, 0.25) is 11.0 Å². The Morgan fingerprint density at radius 3 is 2.56 bits per heavy atom. The number of Topliss-reactive ketones (excluding diaryl/α,β-unsaturated/α-hetero) is 1. The van der Waals surface area contributed by atoms with Crippen molar-refractivity contribution in [3.05, 3.63) is 65.9 Å². The van der Waals surface area contributed by atoms with Crippen molar-refractivity contribution < 1.29 is 35.9 Å². The van der Waals surface area contributed by atoms with Crippen LogP contribution in [0.15, 0.2) is 64.1 Å². The van der Waals surface area contributed by atoms with Crippen molar-refractivity contribution in [1.29, 1.82) is 0 Å². The number of furan rings is 1. The molecule has 3 heterocycles. The van der Waals surface area contributed by atoms with Crippen LogP contribution in [0.25, 0.3) is 22.2 Å². The Kier molecular flexibility index (Phi) is 7.51. The third-order valence-corrected chi connectivity index (χ3v) is 8.70. The summed E-state index contributed by atoms with van der Waals surface area (Å²) in [7, 11) is -0.690. The van der Waals surface area contributed by atoms with Gasteiger partial charge in [-0.15, -0.1) is 0 Å². The molecule has 216 valence electrons. The van der Waals surface area contributed by atoms with Crippen LogP contribution in [0.4, 0.5) is 19.1 Å². The molecule has 0 bridgehead atoms. The van der Waals surface area contributed by atoms with Crippen LogP contribution in [0.5, 0.6) is 5.75 Å². The number of phenols is 1. The average molecular weight is 589 g/mol. The molecule has 2 aromatic heterocycles. The van der Waals surface area contributed by atoms with Gasteiger partial charge in [-0.05, 0) is 49.6 Å². The van der Waals surface area contributed by atoms with Crippen molar-refractivity contribution >= 4 is 32.7 Å². The first kappa shape index (κ1) is 28.6. The van der Waals surface area contributed by atoms with Crippen LogP contribution in [0.3, 0.4) is 0 Å². The highest BCUT2D eigenvalue weighted by Gasteiger charge is 2.40. The van der Waals surface area contributed by atoms with Gasteiger partial charge in [-0.25, -0.2) is 18.4 Å². The Balaban J connectivity index is 1.36. The molecule has 0 aliphatic carbocycles. The van der Waals surface area contributed by atoms with E-state index in [1.807, 2.05) is 0 Å². The van der Waals surface area contributed by atoms with E-state index in [9.17, 15) is 31.5 Å². The summed E-state index contributed by atoms with van der Waals surface area (Å²) in [6, 6.07) is 11.6. The number of benzene rings is 2. The fraction of sp³-hybridized carbons (Fsp3) is 0.321. The predicted molar refractivity (Wildman–Crippen MR) is 145 cm³/mol. The molecular weight excluding hydrogens is 561 g/mol. The highest BCUT2D eigenvalue weighted by Crippen LogP contribution is 2.37. The molecule has 2 aromatic carbocycles. The summed E-state index contributed by atoms with van der Waals surface area (Å²) >= 11 is 0. The lowest BCUT2D eigenvalue weighted by molar-refractivity contribution is -0.137. The lowest BCUT2D eigenvalue weighted by atomic mass is 10.0. The van der Waals surface area contributed by atoms with E-state index in [0.717, 1.165) is 12.1 Å². The zero-order valence-corrected chi connectivity index (χ0v) is 23.0. The van der Waals surface area contributed by atoms with Crippen molar-refractivity contribution in [3.63, 3.8) is 0 Å². The zero-order valence-electron chi connectivity index (χ0n) is 22.2. The van der Waals surface area contributed by atoms with E-state index < -0.39 is 33.6 Å². The van der Waals surface area contributed by atoms with Gasteiger partial charge in [-0.2, -0.15) is 17.5 Å². The normalized spacial score (nSPS) is 16.4. The zero-order chi connectivity index (χ0) is 29.5. The summed E-state index contributed by atoms with van der Waals surface area (Å²) in [5, 5.41) is 10.8. The van der Waals surface area contributed by atoms with Gasteiger partial charge in [-0.3, -0.25) is 4.79 Å². The number of rotatable bonds is 8. The van der Waals surface area contributed by atoms with Gasteiger partial charge in [0.25, 0.3) is 10.0 Å². The number of aromatic nitrogens is 2. The van der Waals surface area contributed by atoms with Crippen molar-refractivity contribution in [3.8, 4) is 17.0 Å². The molecule has 0 amide bonds. The van der Waals surface area contributed by atoms with Gasteiger partial charge < -0.3 is 14.4 Å². The summed E-state index contributed by atoms with van der Waals surface area (Å²) in [5.41, 5.74) is 0.118. The molecule has 4 aromatic rings.